The van der Waals surface area contributed by atoms with E-state index in [2.05, 4.69) is 22.9 Å². The van der Waals surface area contributed by atoms with Crippen molar-refractivity contribution in [2.75, 3.05) is 19.8 Å². The Bertz CT molecular complexity index is 362. The molecular formula is C13H17BrO3. The van der Waals surface area contributed by atoms with Gasteiger partial charge >= 0.3 is 0 Å². The summed E-state index contributed by atoms with van der Waals surface area (Å²) in [5, 5.41) is 0. The smallest absolute Gasteiger partial charge is 0.188 e. The molecule has 94 valence electrons. The molecule has 1 heterocycles. The molecule has 0 saturated carbocycles. The molecule has 1 saturated heterocycles. The SMILES string of the molecule is CCCCOc1cccc(Br)c1C1OCCO1. The number of hydrogen-bond acceptors (Lipinski definition) is 3. The Labute approximate surface area is 110 Å². The summed E-state index contributed by atoms with van der Waals surface area (Å²) in [6.45, 7) is 4.15. The van der Waals surface area contributed by atoms with E-state index in [1.54, 1.807) is 0 Å². The largest absolute Gasteiger partial charge is 0.493 e. The lowest BCUT2D eigenvalue weighted by molar-refractivity contribution is -0.0463. The molecule has 1 fully saturated rings. The van der Waals surface area contributed by atoms with Crippen LogP contribution in [-0.4, -0.2) is 19.8 Å². The van der Waals surface area contributed by atoms with Crippen LogP contribution in [0.1, 0.15) is 31.6 Å². The molecule has 0 atom stereocenters. The summed E-state index contributed by atoms with van der Waals surface area (Å²) in [6.07, 6.45) is 1.88. The second-order valence-electron chi connectivity index (χ2n) is 3.93. The number of rotatable bonds is 5. The lowest BCUT2D eigenvalue weighted by Gasteiger charge is -2.16. The molecule has 1 aromatic carbocycles. The van der Waals surface area contributed by atoms with Gasteiger partial charge in [-0.1, -0.05) is 35.3 Å². The lowest BCUT2D eigenvalue weighted by Crippen LogP contribution is -2.05. The number of benzene rings is 1. The number of halogens is 1. The van der Waals surface area contributed by atoms with Gasteiger partial charge in [-0.2, -0.15) is 0 Å². The zero-order chi connectivity index (χ0) is 12.1. The Morgan fingerprint density at radius 1 is 1.35 bits per heavy atom. The molecule has 4 heteroatoms. The van der Waals surface area contributed by atoms with Crippen LogP contribution in [0.25, 0.3) is 0 Å². The van der Waals surface area contributed by atoms with Gasteiger partial charge in [-0.15, -0.1) is 0 Å². The first-order chi connectivity index (χ1) is 8.33. The highest BCUT2D eigenvalue weighted by Gasteiger charge is 2.24. The highest BCUT2D eigenvalue weighted by atomic mass is 79.9. The van der Waals surface area contributed by atoms with Crippen LogP contribution in [0.4, 0.5) is 0 Å². The Kier molecular flexibility index (Phi) is 4.83. The third-order valence-corrected chi connectivity index (χ3v) is 3.32. The standard InChI is InChI=1S/C13H17BrO3/c1-2-3-7-15-11-6-4-5-10(14)12(11)13-16-8-9-17-13/h4-6,13H,2-3,7-9H2,1H3. The van der Waals surface area contributed by atoms with E-state index in [0.29, 0.717) is 13.2 Å². The Hall–Kier alpha value is -0.580. The van der Waals surface area contributed by atoms with E-state index in [-0.39, 0.29) is 6.29 Å². The van der Waals surface area contributed by atoms with Crippen LogP contribution in [-0.2, 0) is 9.47 Å². The average Bonchev–Trinajstić information content (AvgIpc) is 2.83. The van der Waals surface area contributed by atoms with E-state index in [9.17, 15) is 0 Å². The van der Waals surface area contributed by atoms with Gasteiger partial charge in [0.2, 0.25) is 0 Å². The molecule has 0 radical (unpaired) electrons. The van der Waals surface area contributed by atoms with Crippen LogP contribution in [0, 0.1) is 0 Å². The number of unbranched alkanes of at least 4 members (excludes halogenated alkanes) is 1. The lowest BCUT2D eigenvalue weighted by atomic mass is 10.2. The fraction of sp³-hybridized carbons (Fsp3) is 0.538. The maximum absolute atomic E-state index is 5.78. The van der Waals surface area contributed by atoms with Crippen molar-refractivity contribution in [3.8, 4) is 5.75 Å². The van der Waals surface area contributed by atoms with Gasteiger partial charge in [0.05, 0.1) is 25.4 Å². The van der Waals surface area contributed by atoms with Gasteiger partial charge in [-0.3, -0.25) is 0 Å². The molecule has 0 amide bonds. The van der Waals surface area contributed by atoms with E-state index in [1.165, 1.54) is 0 Å². The first-order valence-corrected chi connectivity index (χ1v) is 6.76. The number of ether oxygens (including phenoxy) is 3. The zero-order valence-electron chi connectivity index (χ0n) is 9.95. The molecular weight excluding hydrogens is 284 g/mol. The Morgan fingerprint density at radius 3 is 2.82 bits per heavy atom. The van der Waals surface area contributed by atoms with Crippen molar-refractivity contribution in [1.29, 1.82) is 0 Å². The monoisotopic (exact) mass is 300 g/mol. The second kappa shape index (κ2) is 6.38. The van der Waals surface area contributed by atoms with Crippen LogP contribution in [0.15, 0.2) is 22.7 Å². The maximum Gasteiger partial charge on any atom is 0.188 e. The number of hydrogen-bond donors (Lipinski definition) is 0. The van der Waals surface area contributed by atoms with E-state index in [0.717, 1.165) is 35.2 Å². The predicted molar refractivity (Wildman–Crippen MR) is 69.2 cm³/mol. The van der Waals surface area contributed by atoms with Gasteiger partial charge < -0.3 is 14.2 Å². The first-order valence-electron chi connectivity index (χ1n) is 5.97. The molecule has 1 aromatic rings. The Balaban J connectivity index is 2.15. The van der Waals surface area contributed by atoms with Crippen molar-refractivity contribution in [1.82, 2.24) is 0 Å². The summed E-state index contributed by atoms with van der Waals surface area (Å²) in [6, 6.07) is 5.90. The van der Waals surface area contributed by atoms with E-state index in [1.807, 2.05) is 18.2 Å². The maximum atomic E-state index is 5.78. The fourth-order valence-electron chi connectivity index (χ4n) is 1.72. The molecule has 17 heavy (non-hydrogen) atoms. The van der Waals surface area contributed by atoms with Crippen LogP contribution in [0.5, 0.6) is 5.75 Å². The van der Waals surface area contributed by atoms with Gasteiger partial charge in [0.15, 0.2) is 6.29 Å². The van der Waals surface area contributed by atoms with Crippen LogP contribution in [0.2, 0.25) is 0 Å². The van der Waals surface area contributed by atoms with Crippen molar-refractivity contribution in [2.24, 2.45) is 0 Å². The molecule has 0 spiro atoms. The second-order valence-corrected chi connectivity index (χ2v) is 4.78. The van der Waals surface area contributed by atoms with E-state index >= 15 is 0 Å². The van der Waals surface area contributed by atoms with Crippen LogP contribution < -0.4 is 4.74 Å². The summed E-state index contributed by atoms with van der Waals surface area (Å²) in [7, 11) is 0. The molecule has 0 N–H and O–H groups in total. The van der Waals surface area contributed by atoms with E-state index in [4.69, 9.17) is 14.2 Å². The van der Waals surface area contributed by atoms with Gasteiger partial charge in [-0.05, 0) is 18.6 Å². The van der Waals surface area contributed by atoms with Gasteiger partial charge in [0.1, 0.15) is 5.75 Å². The molecule has 0 unspecified atom stereocenters. The van der Waals surface area contributed by atoms with Crippen molar-refractivity contribution >= 4 is 15.9 Å². The van der Waals surface area contributed by atoms with Gasteiger partial charge in [0.25, 0.3) is 0 Å². The summed E-state index contributed by atoms with van der Waals surface area (Å²) >= 11 is 3.53. The van der Waals surface area contributed by atoms with Crippen LogP contribution >= 0.6 is 15.9 Å². The minimum Gasteiger partial charge on any atom is -0.493 e. The first kappa shape index (κ1) is 12.9. The Morgan fingerprint density at radius 2 is 2.12 bits per heavy atom. The molecule has 0 aromatic heterocycles. The molecule has 3 nitrogen and oxygen atoms in total. The molecule has 1 aliphatic heterocycles. The third-order valence-electron chi connectivity index (χ3n) is 2.63. The van der Waals surface area contributed by atoms with Crippen LogP contribution in [0.3, 0.4) is 0 Å². The third kappa shape index (κ3) is 3.21. The van der Waals surface area contributed by atoms with Crippen molar-refractivity contribution in [3.63, 3.8) is 0 Å². The summed E-state index contributed by atoms with van der Waals surface area (Å²) < 4.78 is 17.8. The average molecular weight is 301 g/mol. The quantitative estimate of drug-likeness (QED) is 0.777. The molecule has 0 aliphatic carbocycles. The minimum atomic E-state index is -0.304. The topological polar surface area (TPSA) is 27.7 Å². The molecule has 1 aliphatic rings. The van der Waals surface area contributed by atoms with Gasteiger partial charge in [0, 0.05) is 4.47 Å². The highest BCUT2D eigenvalue weighted by molar-refractivity contribution is 9.10. The normalized spacial score (nSPS) is 16.4. The van der Waals surface area contributed by atoms with E-state index < -0.39 is 0 Å². The zero-order valence-corrected chi connectivity index (χ0v) is 11.5. The predicted octanol–water partition coefficient (Wildman–Crippen LogP) is 3.67. The summed E-state index contributed by atoms with van der Waals surface area (Å²) in [5.41, 5.74) is 0.959. The van der Waals surface area contributed by atoms with Crippen molar-refractivity contribution in [3.05, 3.63) is 28.2 Å². The highest BCUT2D eigenvalue weighted by Crippen LogP contribution is 2.36. The summed E-state index contributed by atoms with van der Waals surface area (Å²) in [5.74, 6) is 0.847. The van der Waals surface area contributed by atoms with Crippen molar-refractivity contribution < 1.29 is 14.2 Å². The molecule has 0 bridgehead atoms. The van der Waals surface area contributed by atoms with Gasteiger partial charge in [-0.25, -0.2) is 0 Å². The minimum absolute atomic E-state index is 0.304. The van der Waals surface area contributed by atoms with Crippen molar-refractivity contribution in [2.45, 2.75) is 26.1 Å². The summed E-state index contributed by atoms with van der Waals surface area (Å²) in [4.78, 5) is 0. The fourth-order valence-corrected chi connectivity index (χ4v) is 2.26. The molecule has 2 rings (SSSR count).